The Morgan fingerprint density at radius 1 is 1.37 bits per heavy atom. The lowest BCUT2D eigenvalue weighted by molar-refractivity contribution is -0.133. The topological polar surface area (TPSA) is 62.3 Å². The van der Waals surface area contributed by atoms with Crippen LogP contribution in [0.2, 0.25) is 0 Å². The predicted octanol–water partition coefficient (Wildman–Crippen LogP) is 1.41. The van der Waals surface area contributed by atoms with Crippen molar-refractivity contribution in [2.24, 2.45) is 0 Å². The van der Waals surface area contributed by atoms with E-state index in [-0.39, 0.29) is 11.8 Å². The molecule has 1 aromatic rings. The second-order valence-electron chi connectivity index (χ2n) is 4.95. The molecule has 2 heterocycles. The Balaban J connectivity index is 2.35. The molecule has 2 atom stereocenters. The number of nitrogens with one attached hydrogen (secondary N) is 1. The summed E-state index contributed by atoms with van der Waals surface area (Å²) in [5, 5.41) is 2.78. The number of hydrogen-bond acceptors (Lipinski definition) is 3. The van der Waals surface area contributed by atoms with Gasteiger partial charge >= 0.3 is 0 Å². The molecule has 0 radical (unpaired) electrons. The molecule has 0 saturated carbocycles. The van der Waals surface area contributed by atoms with Gasteiger partial charge in [-0.15, -0.1) is 0 Å². The van der Waals surface area contributed by atoms with Crippen molar-refractivity contribution in [2.45, 2.75) is 45.7 Å². The summed E-state index contributed by atoms with van der Waals surface area (Å²) < 4.78 is 0. The van der Waals surface area contributed by atoms with Gasteiger partial charge in [-0.25, -0.2) is 0 Å². The molecule has 2 unspecified atom stereocenters. The fraction of sp³-hybridized carbons (Fsp3) is 0.500. The molecule has 1 N–H and O–H groups in total. The van der Waals surface area contributed by atoms with Crippen LogP contribution in [0.1, 0.15) is 32.3 Å². The Hall–Kier alpha value is -1.91. The molecule has 1 fully saturated rings. The zero-order valence-electron chi connectivity index (χ0n) is 11.5. The molecule has 102 valence electrons. The van der Waals surface area contributed by atoms with Gasteiger partial charge in [0.1, 0.15) is 12.1 Å². The van der Waals surface area contributed by atoms with Crippen LogP contribution < -0.4 is 10.2 Å². The van der Waals surface area contributed by atoms with Crippen LogP contribution in [-0.4, -0.2) is 28.9 Å². The number of anilines is 1. The highest BCUT2D eigenvalue weighted by Crippen LogP contribution is 2.22. The molecule has 0 aliphatic carbocycles. The molecule has 2 rings (SSSR count). The first-order chi connectivity index (χ1) is 9.04. The van der Waals surface area contributed by atoms with E-state index in [1.807, 2.05) is 19.9 Å². The molecule has 1 aliphatic heterocycles. The summed E-state index contributed by atoms with van der Waals surface area (Å²) in [6.45, 7) is 5.65. The van der Waals surface area contributed by atoms with Crippen LogP contribution in [0.25, 0.3) is 0 Å². The molecule has 1 aliphatic rings. The van der Waals surface area contributed by atoms with E-state index in [0.29, 0.717) is 12.1 Å². The van der Waals surface area contributed by atoms with Gasteiger partial charge in [0, 0.05) is 6.20 Å². The maximum absolute atomic E-state index is 12.5. The van der Waals surface area contributed by atoms with E-state index < -0.39 is 12.1 Å². The zero-order valence-corrected chi connectivity index (χ0v) is 11.5. The fourth-order valence-corrected chi connectivity index (χ4v) is 2.34. The highest BCUT2D eigenvalue weighted by atomic mass is 16.2. The minimum Gasteiger partial charge on any atom is -0.342 e. The smallest absolute Gasteiger partial charge is 0.250 e. The van der Waals surface area contributed by atoms with Gasteiger partial charge in [-0.1, -0.05) is 13.3 Å². The average molecular weight is 261 g/mol. The number of rotatable bonds is 3. The van der Waals surface area contributed by atoms with Crippen LogP contribution in [0.15, 0.2) is 18.5 Å². The van der Waals surface area contributed by atoms with Crippen LogP contribution in [0.5, 0.6) is 0 Å². The van der Waals surface area contributed by atoms with Crippen LogP contribution in [0.4, 0.5) is 5.69 Å². The summed E-state index contributed by atoms with van der Waals surface area (Å²) in [5.74, 6) is -0.166. The lowest BCUT2D eigenvalue weighted by Crippen LogP contribution is -2.62. The van der Waals surface area contributed by atoms with Gasteiger partial charge in [0.2, 0.25) is 11.8 Å². The molecule has 0 aromatic carbocycles. The second kappa shape index (κ2) is 5.38. The van der Waals surface area contributed by atoms with Gasteiger partial charge in [0.25, 0.3) is 0 Å². The highest BCUT2D eigenvalue weighted by molar-refractivity contribution is 6.08. The van der Waals surface area contributed by atoms with Crippen molar-refractivity contribution in [2.75, 3.05) is 4.90 Å². The summed E-state index contributed by atoms with van der Waals surface area (Å²) >= 11 is 0. The first kappa shape index (κ1) is 13.5. The van der Waals surface area contributed by atoms with Gasteiger partial charge in [-0.2, -0.15) is 0 Å². The van der Waals surface area contributed by atoms with E-state index in [9.17, 15) is 9.59 Å². The van der Waals surface area contributed by atoms with Crippen LogP contribution in [0, 0.1) is 6.92 Å². The summed E-state index contributed by atoms with van der Waals surface area (Å²) in [7, 11) is 0. The van der Waals surface area contributed by atoms with Crippen LogP contribution >= 0.6 is 0 Å². The maximum atomic E-state index is 12.5. The lowest BCUT2D eigenvalue weighted by Gasteiger charge is -2.37. The van der Waals surface area contributed by atoms with E-state index in [2.05, 4.69) is 10.3 Å². The largest absolute Gasteiger partial charge is 0.342 e. The predicted molar refractivity (Wildman–Crippen MR) is 72.8 cm³/mol. The molecular formula is C14H19N3O2. The number of hydrogen-bond donors (Lipinski definition) is 1. The average Bonchev–Trinajstić information content (AvgIpc) is 2.36. The molecule has 1 saturated heterocycles. The van der Waals surface area contributed by atoms with Crippen molar-refractivity contribution in [3.63, 3.8) is 0 Å². The number of aromatic nitrogens is 1. The van der Waals surface area contributed by atoms with Crippen molar-refractivity contribution < 1.29 is 9.59 Å². The highest BCUT2D eigenvalue weighted by Gasteiger charge is 2.38. The number of piperazine rings is 1. The van der Waals surface area contributed by atoms with Crippen molar-refractivity contribution in [3.05, 3.63) is 24.0 Å². The van der Waals surface area contributed by atoms with Gasteiger partial charge in [-0.3, -0.25) is 19.5 Å². The van der Waals surface area contributed by atoms with E-state index in [4.69, 9.17) is 0 Å². The first-order valence-electron chi connectivity index (χ1n) is 6.59. The number of nitrogens with zero attached hydrogens (tertiary/aromatic N) is 2. The standard InChI is InChI=1S/C14H19N3O2/c1-4-5-12-14(19)17(10(3)13(18)16-12)11-6-9(2)7-15-8-11/h6-8,10,12H,4-5H2,1-3H3,(H,16,18). The summed E-state index contributed by atoms with van der Waals surface area (Å²) in [6.07, 6.45) is 4.87. The van der Waals surface area contributed by atoms with E-state index in [1.165, 1.54) is 0 Å². The quantitative estimate of drug-likeness (QED) is 0.894. The summed E-state index contributed by atoms with van der Waals surface area (Å²) in [5.41, 5.74) is 1.66. The third-order valence-electron chi connectivity index (χ3n) is 3.33. The second-order valence-corrected chi connectivity index (χ2v) is 4.95. The number of amides is 2. The maximum Gasteiger partial charge on any atom is 0.250 e. The molecule has 5 nitrogen and oxygen atoms in total. The Labute approximate surface area is 113 Å². The Morgan fingerprint density at radius 3 is 2.74 bits per heavy atom. The molecule has 2 amide bonds. The Morgan fingerprint density at radius 2 is 2.11 bits per heavy atom. The van der Waals surface area contributed by atoms with E-state index in [1.54, 1.807) is 24.2 Å². The van der Waals surface area contributed by atoms with Gasteiger partial charge in [0.15, 0.2) is 0 Å². The van der Waals surface area contributed by atoms with Crippen LogP contribution in [-0.2, 0) is 9.59 Å². The third-order valence-corrected chi connectivity index (χ3v) is 3.33. The lowest BCUT2D eigenvalue weighted by atomic mass is 10.0. The molecule has 5 heteroatoms. The summed E-state index contributed by atoms with van der Waals surface area (Å²) in [6, 6.07) is 0.960. The fourth-order valence-electron chi connectivity index (χ4n) is 2.34. The zero-order chi connectivity index (χ0) is 14.0. The minimum absolute atomic E-state index is 0.0543. The molecular weight excluding hydrogens is 242 g/mol. The van der Waals surface area contributed by atoms with Crippen molar-refractivity contribution in [3.8, 4) is 0 Å². The summed E-state index contributed by atoms with van der Waals surface area (Å²) in [4.78, 5) is 30.1. The van der Waals surface area contributed by atoms with Crippen LogP contribution in [0.3, 0.4) is 0 Å². The van der Waals surface area contributed by atoms with E-state index >= 15 is 0 Å². The van der Waals surface area contributed by atoms with Gasteiger partial charge in [-0.05, 0) is 31.9 Å². The third kappa shape index (κ3) is 2.59. The number of pyridine rings is 1. The Kier molecular flexibility index (Phi) is 3.83. The first-order valence-corrected chi connectivity index (χ1v) is 6.59. The van der Waals surface area contributed by atoms with Crippen molar-refractivity contribution >= 4 is 17.5 Å². The van der Waals surface area contributed by atoms with Gasteiger partial charge < -0.3 is 5.32 Å². The normalized spacial score (nSPS) is 23.4. The number of carbonyl (C=O) groups is 2. The SMILES string of the molecule is CCCC1NC(=O)C(C)N(c2cncc(C)c2)C1=O. The Bertz CT molecular complexity index is 501. The monoisotopic (exact) mass is 261 g/mol. The number of aryl methyl sites for hydroxylation is 1. The molecule has 0 bridgehead atoms. The molecule has 0 spiro atoms. The van der Waals surface area contributed by atoms with Gasteiger partial charge in [0.05, 0.1) is 11.9 Å². The molecule has 19 heavy (non-hydrogen) atoms. The van der Waals surface area contributed by atoms with Crippen molar-refractivity contribution in [1.82, 2.24) is 10.3 Å². The van der Waals surface area contributed by atoms with Crippen molar-refractivity contribution in [1.29, 1.82) is 0 Å². The minimum atomic E-state index is -0.496. The number of carbonyl (C=O) groups excluding carboxylic acids is 2. The van der Waals surface area contributed by atoms with E-state index in [0.717, 1.165) is 12.0 Å². The molecule has 1 aromatic heterocycles.